The van der Waals surface area contributed by atoms with Crippen molar-refractivity contribution < 1.29 is 14.2 Å². The van der Waals surface area contributed by atoms with Gasteiger partial charge in [0.1, 0.15) is 12.4 Å². The topological polar surface area (TPSA) is 67.4 Å². The number of aliphatic imine (C=N–C) groups is 1. The molecule has 25 heavy (non-hydrogen) atoms. The molecule has 1 aliphatic heterocycles. The molecular formula is C18H30N4O3. The maximum absolute atomic E-state index is 5.64. The van der Waals surface area contributed by atoms with Gasteiger partial charge in [-0.2, -0.15) is 0 Å². The summed E-state index contributed by atoms with van der Waals surface area (Å²) in [6, 6.07) is 8.04. The molecule has 0 bridgehead atoms. The van der Waals surface area contributed by atoms with Crippen molar-refractivity contribution >= 4 is 5.96 Å². The second-order valence-corrected chi connectivity index (χ2v) is 5.80. The number of guanidine groups is 1. The van der Waals surface area contributed by atoms with Crippen molar-refractivity contribution in [3.8, 4) is 5.75 Å². The van der Waals surface area contributed by atoms with Gasteiger partial charge in [-0.25, -0.2) is 0 Å². The van der Waals surface area contributed by atoms with E-state index in [-0.39, 0.29) is 0 Å². The Kier molecular flexibility index (Phi) is 9.11. The maximum Gasteiger partial charge on any atom is 0.191 e. The molecule has 1 heterocycles. The molecule has 1 aliphatic rings. The molecule has 2 N–H and O–H groups in total. The van der Waals surface area contributed by atoms with Crippen LogP contribution < -0.4 is 15.4 Å². The summed E-state index contributed by atoms with van der Waals surface area (Å²) >= 11 is 0. The second-order valence-electron chi connectivity index (χ2n) is 5.80. The molecule has 140 valence electrons. The van der Waals surface area contributed by atoms with Crippen molar-refractivity contribution in [1.82, 2.24) is 15.5 Å². The van der Waals surface area contributed by atoms with Crippen LogP contribution in [0.25, 0.3) is 0 Å². The van der Waals surface area contributed by atoms with Gasteiger partial charge in [-0.3, -0.25) is 9.89 Å². The van der Waals surface area contributed by atoms with Gasteiger partial charge in [-0.05, 0) is 17.7 Å². The molecule has 7 heteroatoms. The third-order valence-corrected chi connectivity index (χ3v) is 3.96. The first-order valence-corrected chi connectivity index (χ1v) is 8.77. The Morgan fingerprint density at radius 2 is 2.08 bits per heavy atom. The Morgan fingerprint density at radius 1 is 1.24 bits per heavy atom. The van der Waals surface area contributed by atoms with Gasteiger partial charge in [-0.15, -0.1) is 0 Å². The maximum atomic E-state index is 5.64. The van der Waals surface area contributed by atoms with Gasteiger partial charge in [0.05, 0.1) is 19.8 Å². The predicted molar refractivity (Wildman–Crippen MR) is 99.3 cm³/mol. The molecule has 1 aromatic rings. The largest absolute Gasteiger partial charge is 0.491 e. The van der Waals surface area contributed by atoms with Gasteiger partial charge >= 0.3 is 0 Å². The molecule has 1 fully saturated rings. The van der Waals surface area contributed by atoms with E-state index in [0.29, 0.717) is 19.8 Å². The molecule has 0 unspecified atom stereocenters. The molecule has 0 spiro atoms. The van der Waals surface area contributed by atoms with Gasteiger partial charge < -0.3 is 24.8 Å². The Balaban J connectivity index is 1.69. The molecule has 0 aromatic heterocycles. The van der Waals surface area contributed by atoms with E-state index in [4.69, 9.17) is 14.2 Å². The van der Waals surface area contributed by atoms with Gasteiger partial charge in [0.2, 0.25) is 0 Å². The van der Waals surface area contributed by atoms with Crippen LogP contribution in [0.3, 0.4) is 0 Å². The third-order valence-electron chi connectivity index (χ3n) is 3.96. The molecule has 0 radical (unpaired) electrons. The van der Waals surface area contributed by atoms with Crippen LogP contribution in [0.15, 0.2) is 29.3 Å². The molecular weight excluding hydrogens is 320 g/mol. The lowest BCUT2D eigenvalue weighted by atomic mass is 10.2. The smallest absolute Gasteiger partial charge is 0.191 e. The lowest BCUT2D eigenvalue weighted by molar-refractivity contribution is 0.0389. The van der Waals surface area contributed by atoms with Crippen LogP contribution in [-0.2, 0) is 16.0 Å². The number of rotatable bonds is 9. The van der Waals surface area contributed by atoms with E-state index < -0.39 is 0 Å². The zero-order chi connectivity index (χ0) is 17.7. The minimum atomic E-state index is 0.554. The van der Waals surface area contributed by atoms with E-state index in [1.807, 2.05) is 18.2 Å². The summed E-state index contributed by atoms with van der Waals surface area (Å²) in [5, 5.41) is 6.69. The third kappa shape index (κ3) is 7.72. The summed E-state index contributed by atoms with van der Waals surface area (Å²) in [4.78, 5) is 6.67. The SMILES string of the molecule is CN=C(NCCN1CCOCC1)NCc1cccc(OCCOC)c1. The summed E-state index contributed by atoms with van der Waals surface area (Å²) in [6.45, 7) is 7.35. The lowest BCUT2D eigenvalue weighted by Crippen LogP contribution is -2.44. The van der Waals surface area contributed by atoms with Crippen molar-refractivity contribution in [3.63, 3.8) is 0 Å². The monoisotopic (exact) mass is 350 g/mol. The number of nitrogens with one attached hydrogen (secondary N) is 2. The van der Waals surface area contributed by atoms with E-state index in [1.165, 1.54) is 0 Å². The van der Waals surface area contributed by atoms with Gasteiger partial charge in [0.15, 0.2) is 5.96 Å². The summed E-state index contributed by atoms with van der Waals surface area (Å²) in [6.07, 6.45) is 0. The highest BCUT2D eigenvalue weighted by Crippen LogP contribution is 2.13. The molecule has 0 saturated carbocycles. The number of benzene rings is 1. The fourth-order valence-electron chi connectivity index (χ4n) is 2.55. The zero-order valence-corrected chi connectivity index (χ0v) is 15.3. The molecule has 0 amide bonds. The Labute approximate surface area is 150 Å². The summed E-state index contributed by atoms with van der Waals surface area (Å²) in [7, 11) is 3.45. The zero-order valence-electron chi connectivity index (χ0n) is 15.3. The van der Waals surface area contributed by atoms with Crippen molar-refractivity contribution in [1.29, 1.82) is 0 Å². The first-order valence-electron chi connectivity index (χ1n) is 8.77. The van der Waals surface area contributed by atoms with Gasteiger partial charge in [0.25, 0.3) is 0 Å². The average Bonchev–Trinajstić information content (AvgIpc) is 2.66. The first kappa shape index (κ1) is 19.5. The minimum absolute atomic E-state index is 0.554. The van der Waals surface area contributed by atoms with Crippen LogP contribution in [0.5, 0.6) is 5.75 Å². The standard InChI is InChI=1S/C18H30N4O3/c1-19-18(20-6-7-22-8-10-24-11-9-22)21-15-16-4-3-5-17(14-16)25-13-12-23-2/h3-5,14H,6-13,15H2,1-2H3,(H2,19,20,21). The van der Waals surface area contributed by atoms with E-state index >= 15 is 0 Å². The summed E-state index contributed by atoms with van der Waals surface area (Å²) in [5.41, 5.74) is 1.14. The quantitative estimate of drug-likeness (QED) is 0.388. The Bertz CT molecular complexity index is 519. The number of methoxy groups -OCH3 is 1. The Hall–Kier alpha value is -1.83. The van der Waals surface area contributed by atoms with E-state index in [0.717, 1.165) is 56.7 Å². The molecule has 2 rings (SSSR count). The summed E-state index contributed by atoms with van der Waals surface area (Å²) < 4.78 is 16.0. The molecule has 1 aromatic carbocycles. The van der Waals surface area contributed by atoms with Crippen molar-refractivity contribution in [2.75, 3.05) is 66.8 Å². The molecule has 0 aliphatic carbocycles. The van der Waals surface area contributed by atoms with Crippen molar-refractivity contribution in [2.24, 2.45) is 4.99 Å². The van der Waals surface area contributed by atoms with E-state index in [2.05, 4.69) is 26.6 Å². The van der Waals surface area contributed by atoms with E-state index in [9.17, 15) is 0 Å². The van der Waals surface area contributed by atoms with Crippen LogP contribution >= 0.6 is 0 Å². The van der Waals surface area contributed by atoms with Gasteiger partial charge in [-0.1, -0.05) is 12.1 Å². The predicted octanol–water partition coefficient (Wildman–Crippen LogP) is 0.709. The number of ether oxygens (including phenoxy) is 3. The number of hydrogen-bond donors (Lipinski definition) is 2. The van der Waals surface area contributed by atoms with Crippen molar-refractivity contribution in [2.45, 2.75) is 6.54 Å². The van der Waals surface area contributed by atoms with Gasteiger partial charge in [0, 0.05) is 46.9 Å². The highest BCUT2D eigenvalue weighted by Gasteiger charge is 2.09. The molecule has 1 saturated heterocycles. The van der Waals surface area contributed by atoms with Crippen LogP contribution in [0.1, 0.15) is 5.56 Å². The number of hydrogen-bond acceptors (Lipinski definition) is 5. The number of nitrogens with zero attached hydrogens (tertiary/aromatic N) is 2. The fraction of sp³-hybridized carbons (Fsp3) is 0.611. The normalized spacial score (nSPS) is 15.8. The fourth-order valence-corrected chi connectivity index (χ4v) is 2.55. The Morgan fingerprint density at radius 3 is 2.84 bits per heavy atom. The molecule has 7 nitrogen and oxygen atoms in total. The van der Waals surface area contributed by atoms with Crippen LogP contribution in [-0.4, -0.2) is 77.6 Å². The highest BCUT2D eigenvalue weighted by atomic mass is 16.5. The lowest BCUT2D eigenvalue weighted by Gasteiger charge is -2.26. The minimum Gasteiger partial charge on any atom is -0.491 e. The molecule has 0 atom stereocenters. The van der Waals surface area contributed by atoms with Crippen LogP contribution in [0.4, 0.5) is 0 Å². The summed E-state index contributed by atoms with van der Waals surface area (Å²) in [5.74, 6) is 1.66. The highest BCUT2D eigenvalue weighted by molar-refractivity contribution is 5.79. The second kappa shape index (κ2) is 11.7. The first-order chi connectivity index (χ1) is 12.3. The van der Waals surface area contributed by atoms with Crippen LogP contribution in [0.2, 0.25) is 0 Å². The van der Waals surface area contributed by atoms with E-state index in [1.54, 1.807) is 14.2 Å². The number of morpholine rings is 1. The average molecular weight is 350 g/mol. The van der Waals surface area contributed by atoms with Crippen molar-refractivity contribution in [3.05, 3.63) is 29.8 Å². The van der Waals surface area contributed by atoms with Crippen LogP contribution in [0, 0.1) is 0 Å².